The van der Waals surface area contributed by atoms with Crippen molar-refractivity contribution in [1.82, 2.24) is 5.32 Å². The van der Waals surface area contributed by atoms with Crippen molar-refractivity contribution in [3.63, 3.8) is 0 Å². The van der Waals surface area contributed by atoms with Crippen LogP contribution in [0.1, 0.15) is 45.4 Å². The van der Waals surface area contributed by atoms with Gasteiger partial charge in [-0.25, -0.2) is 0 Å². The Balaban J connectivity index is 1.76. The lowest BCUT2D eigenvalue weighted by Gasteiger charge is -2.57. The minimum Gasteiger partial charge on any atom is -0.350 e. The molecule has 0 spiro atoms. The molecule has 1 amide bonds. The molecule has 0 heterocycles. The van der Waals surface area contributed by atoms with E-state index in [1.54, 1.807) is 0 Å². The average Bonchev–Trinajstić information content (AvgIpc) is 2.13. The topological polar surface area (TPSA) is 29.1 Å². The van der Waals surface area contributed by atoms with E-state index in [9.17, 15) is 4.79 Å². The monoisotopic (exact) mass is 239 g/mol. The van der Waals surface area contributed by atoms with Gasteiger partial charge < -0.3 is 5.32 Å². The predicted molar refractivity (Wildman–Crippen MR) is 67.5 cm³/mol. The van der Waals surface area contributed by atoms with Gasteiger partial charge in [-0.3, -0.25) is 4.79 Å². The number of rotatable bonds is 2. The maximum absolute atomic E-state index is 11.8. The number of thiol groups is 1. The highest BCUT2D eigenvalue weighted by Crippen LogP contribution is 2.55. The van der Waals surface area contributed by atoms with Gasteiger partial charge in [-0.2, -0.15) is 12.6 Å². The molecule has 4 aliphatic rings. The summed E-state index contributed by atoms with van der Waals surface area (Å²) in [6.45, 7) is 1.86. The van der Waals surface area contributed by atoms with Crippen LogP contribution in [-0.4, -0.2) is 16.7 Å². The lowest BCUT2D eigenvalue weighted by Crippen LogP contribution is -2.60. The Kier molecular flexibility index (Phi) is 2.50. The molecule has 4 saturated carbocycles. The summed E-state index contributed by atoms with van der Waals surface area (Å²) in [5, 5.41) is 3.14. The molecule has 16 heavy (non-hydrogen) atoms. The van der Waals surface area contributed by atoms with Crippen LogP contribution in [0.5, 0.6) is 0 Å². The third kappa shape index (κ3) is 1.77. The molecule has 1 atom stereocenters. The summed E-state index contributed by atoms with van der Waals surface area (Å²) in [4.78, 5) is 11.8. The molecule has 3 heteroatoms. The zero-order valence-electron chi connectivity index (χ0n) is 9.91. The summed E-state index contributed by atoms with van der Waals surface area (Å²) < 4.78 is 0. The first-order valence-electron chi connectivity index (χ1n) is 6.56. The van der Waals surface area contributed by atoms with Crippen LogP contribution in [0.15, 0.2) is 0 Å². The van der Waals surface area contributed by atoms with Gasteiger partial charge in [0, 0.05) is 5.54 Å². The second-order valence-electron chi connectivity index (χ2n) is 6.36. The third-order valence-corrected chi connectivity index (χ3v) is 5.04. The Morgan fingerprint density at radius 2 is 1.62 bits per heavy atom. The summed E-state index contributed by atoms with van der Waals surface area (Å²) >= 11 is 4.23. The van der Waals surface area contributed by atoms with Crippen LogP contribution < -0.4 is 5.32 Å². The second kappa shape index (κ2) is 3.66. The maximum atomic E-state index is 11.8. The highest BCUT2D eigenvalue weighted by molar-refractivity contribution is 7.81. The van der Waals surface area contributed by atoms with Crippen molar-refractivity contribution in [2.24, 2.45) is 17.8 Å². The Labute approximate surface area is 103 Å². The minimum absolute atomic E-state index is 0.130. The number of hydrogen-bond donors (Lipinski definition) is 2. The molecular formula is C13H21NOS. The smallest absolute Gasteiger partial charge is 0.232 e. The van der Waals surface area contributed by atoms with Gasteiger partial charge in [0.05, 0.1) is 5.25 Å². The van der Waals surface area contributed by atoms with Crippen molar-refractivity contribution in [2.45, 2.75) is 56.2 Å². The van der Waals surface area contributed by atoms with E-state index in [1.807, 2.05) is 6.92 Å². The first kappa shape index (κ1) is 10.9. The van der Waals surface area contributed by atoms with E-state index in [0.717, 1.165) is 17.8 Å². The summed E-state index contributed by atoms with van der Waals surface area (Å²) in [6, 6.07) is 0. The molecule has 4 bridgehead atoms. The first-order valence-corrected chi connectivity index (χ1v) is 7.08. The van der Waals surface area contributed by atoms with E-state index in [2.05, 4.69) is 17.9 Å². The van der Waals surface area contributed by atoms with Gasteiger partial charge in [0.1, 0.15) is 0 Å². The fourth-order valence-electron chi connectivity index (χ4n) is 4.63. The Morgan fingerprint density at radius 1 is 1.19 bits per heavy atom. The van der Waals surface area contributed by atoms with Crippen molar-refractivity contribution in [2.75, 3.05) is 0 Å². The second-order valence-corrected chi connectivity index (χ2v) is 7.14. The molecule has 4 rings (SSSR count). The van der Waals surface area contributed by atoms with Crippen molar-refractivity contribution in [3.05, 3.63) is 0 Å². The fraction of sp³-hybridized carbons (Fsp3) is 0.923. The third-order valence-electron chi connectivity index (χ3n) is 4.81. The van der Waals surface area contributed by atoms with Crippen LogP contribution in [-0.2, 0) is 4.79 Å². The van der Waals surface area contributed by atoms with E-state index in [4.69, 9.17) is 0 Å². The standard InChI is InChI=1S/C13H21NOS/c1-8(16)12(15)14-13-5-9-2-10(6-13)4-11(3-9)7-13/h8-11,16H,2-7H2,1H3,(H,14,15). The zero-order valence-corrected chi connectivity index (χ0v) is 10.8. The number of hydrogen-bond acceptors (Lipinski definition) is 2. The zero-order chi connectivity index (χ0) is 11.3. The summed E-state index contributed by atoms with van der Waals surface area (Å²) in [6.07, 6.45) is 7.95. The van der Waals surface area contributed by atoms with Gasteiger partial charge in [-0.05, 0) is 63.2 Å². The largest absolute Gasteiger partial charge is 0.350 e. The van der Waals surface area contributed by atoms with E-state index < -0.39 is 0 Å². The first-order chi connectivity index (χ1) is 7.56. The lowest BCUT2D eigenvalue weighted by atomic mass is 9.53. The van der Waals surface area contributed by atoms with Crippen molar-refractivity contribution in [3.8, 4) is 0 Å². The highest BCUT2D eigenvalue weighted by Gasteiger charge is 2.51. The number of carbonyl (C=O) groups excluding carboxylic acids is 1. The van der Waals surface area contributed by atoms with Crippen LogP contribution >= 0.6 is 12.6 Å². The molecular weight excluding hydrogens is 218 g/mol. The minimum atomic E-state index is -0.173. The molecule has 0 aliphatic heterocycles. The summed E-state index contributed by atoms with van der Waals surface area (Å²) in [5.74, 6) is 2.80. The van der Waals surface area contributed by atoms with E-state index >= 15 is 0 Å². The molecule has 1 N–H and O–H groups in total. The normalized spacial score (nSPS) is 46.8. The van der Waals surface area contributed by atoms with Gasteiger partial charge in [0.2, 0.25) is 5.91 Å². The quantitative estimate of drug-likeness (QED) is 0.712. The van der Waals surface area contributed by atoms with E-state index in [1.165, 1.54) is 38.5 Å². The lowest BCUT2D eigenvalue weighted by molar-refractivity contribution is -0.126. The molecule has 0 aromatic heterocycles. The molecule has 0 saturated heterocycles. The van der Waals surface area contributed by atoms with Gasteiger partial charge >= 0.3 is 0 Å². The molecule has 1 unspecified atom stereocenters. The van der Waals surface area contributed by atoms with Crippen molar-refractivity contribution in [1.29, 1.82) is 0 Å². The molecule has 0 aromatic rings. The van der Waals surface area contributed by atoms with Gasteiger partial charge in [0.25, 0.3) is 0 Å². The van der Waals surface area contributed by atoms with Crippen LogP contribution in [0.4, 0.5) is 0 Å². The van der Waals surface area contributed by atoms with Crippen LogP contribution in [0.25, 0.3) is 0 Å². The molecule has 4 aliphatic carbocycles. The van der Waals surface area contributed by atoms with E-state index in [0.29, 0.717) is 0 Å². The summed E-state index contributed by atoms with van der Waals surface area (Å²) in [5.41, 5.74) is 0.156. The van der Waals surface area contributed by atoms with Crippen molar-refractivity contribution >= 4 is 18.5 Å². The van der Waals surface area contributed by atoms with Gasteiger partial charge in [-0.15, -0.1) is 0 Å². The van der Waals surface area contributed by atoms with Crippen LogP contribution in [0, 0.1) is 17.8 Å². The van der Waals surface area contributed by atoms with Gasteiger partial charge in [0.15, 0.2) is 0 Å². The molecule has 2 nitrogen and oxygen atoms in total. The van der Waals surface area contributed by atoms with Crippen LogP contribution in [0.2, 0.25) is 0 Å². The Hall–Kier alpha value is -0.180. The average molecular weight is 239 g/mol. The predicted octanol–water partition coefficient (Wildman–Crippen LogP) is 2.39. The maximum Gasteiger partial charge on any atom is 0.232 e. The molecule has 4 fully saturated rings. The SMILES string of the molecule is CC(S)C(=O)NC12CC3CC(CC(C3)C1)C2. The van der Waals surface area contributed by atoms with Crippen LogP contribution in [0.3, 0.4) is 0 Å². The van der Waals surface area contributed by atoms with Gasteiger partial charge in [-0.1, -0.05) is 0 Å². The van der Waals surface area contributed by atoms with E-state index in [-0.39, 0.29) is 16.7 Å². The number of carbonyl (C=O) groups is 1. The Bertz CT molecular complexity index is 278. The molecule has 0 radical (unpaired) electrons. The highest BCUT2D eigenvalue weighted by atomic mass is 32.1. The fourth-order valence-corrected chi connectivity index (χ4v) is 4.69. The molecule has 90 valence electrons. The number of nitrogens with one attached hydrogen (secondary N) is 1. The number of amides is 1. The molecule has 0 aromatic carbocycles. The Morgan fingerprint density at radius 3 is 2.00 bits per heavy atom. The van der Waals surface area contributed by atoms with Crippen molar-refractivity contribution < 1.29 is 4.79 Å². The summed E-state index contributed by atoms with van der Waals surface area (Å²) in [7, 11) is 0.